The number of amides is 2. The minimum absolute atomic E-state index is 0.398. The number of rotatable bonds is 5. The highest BCUT2D eigenvalue weighted by Crippen LogP contribution is 2.24. The van der Waals surface area contributed by atoms with Crippen LogP contribution in [-0.2, 0) is 4.74 Å². The molecule has 4 rings (SSSR count). The van der Waals surface area contributed by atoms with Gasteiger partial charge in [0.05, 0.1) is 50.3 Å². The Labute approximate surface area is 167 Å². The number of carbonyl (C=O) groups is 1. The van der Waals surface area contributed by atoms with Crippen molar-refractivity contribution in [1.29, 1.82) is 0 Å². The molecule has 0 radical (unpaired) electrons. The summed E-state index contributed by atoms with van der Waals surface area (Å²) in [5, 5.41) is 9.86. The van der Waals surface area contributed by atoms with Gasteiger partial charge in [0, 0.05) is 13.1 Å². The molecule has 1 saturated heterocycles. The molecule has 1 aliphatic heterocycles. The van der Waals surface area contributed by atoms with E-state index < -0.39 is 6.03 Å². The van der Waals surface area contributed by atoms with Gasteiger partial charge in [-0.15, -0.1) is 0 Å². The molecule has 10 nitrogen and oxygen atoms in total. The predicted molar refractivity (Wildman–Crippen MR) is 108 cm³/mol. The number of methoxy groups -OCH3 is 1. The second-order valence-corrected chi connectivity index (χ2v) is 6.28. The molecule has 10 heteroatoms. The van der Waals surface area contributed by atoms with Crippen molar-refractivity contribution in [3.8, 4) is 11.6 Å². The Morgan fingerprint density at radius 1 is 1.17 bits per heavy atom. The Morgan fingerprint density at radius 2 is 2.00 bits per heavy atom. The van der Waals surface area contributed by atoms with E-state index in [9.17, 15) is 4.79 Å². The van der Waals surface area contributed by atoms with Crippen molar-refractivity contribution in [1.82, 2.24) is 19.7 Å². The van der Waals surface area contributed by atoms with Gasteiger partial charge in [-0.05, 0) is 12.1 Å². The second-order valence-electron chi connectivity index (χ2n) is 6.28. The zero-order chi connectivity index (χ0) is 20.1. The summed E-state index contributed by atoms with van der Waals surface area (Å²) >= 11 is 0. The first-order valence-corrected chi connectivity index (χ1v) is 9.13. The summed E-state index contributed by atoms with van der Waals surface area (Å²) in [6.07, 6.45) is 6.50. The number of carbonyl (C=O) groups excluding carboxylic acids is 1. The lowest BCUT2D eigenvalue weighted by Gasteiger charge is -2.29. The number of aromatic nitrogens is 4. The van der Waals surface area contributed by atoms with E-state index in [0.717, 1.165) is 18.8 Å². The van der Waals surface area contributed by atoms with Gasteiger partial charge in [-0.1, -0.05) is 12.1 Å². The monoisotopic (exact) mass is 395 g/mol. The van der Waals surface area contributed by atoms with Gasteiger partial charge in [0.2, 0.25) is 0 Å². The lowest BCUT2D eigenvalue weighted by Crippen LogP contribution is -2.37. The molecule has 1 aromatic carbocycles. The van der Waals surface area contributed by atoms with E-state index in [4.69, 9.17) is 9.47 Å². The minimum Gasteiger partial charge on any atom is -0.495 e. The van der Waals surface area contributed by atoms with Crippen molar-refractivity contribution in [2.75, 3.05) is 48.9 Å². The van der Waals surface area contributed by atoms with Crippen LogP contribution in [0.3, 0.4) is 0 Å². The van der Waals surface area contributed by atoms with Crippen LogP contribution in [0.2, 0.25) is 0 Å². The first-order chi connectivity index (χ1) is 14.2. The molecule has 150 valence electrons. The third kappa shape index (κ3) is 4.27. The van der Waals surface area contributed by atoms with Crippen molar-refractivity contribution >= 4 is 23.1 Å². The van der Waals surface area contributed by atoms with Crippen LogP contribution in [-0.4, -0.2) is 59.2 Å². The van der Waals surface area contributed by atoms with Crippen LogP contribution >= 0.6 is 0 Å². The van der Waals surface area contributed by atoms with E-state index in [2.05, 4.69) is 30.6 Å². The first kappa shape index (κ1) is 18.7. The number of benzene rings is 1. The molecule has 0 spiro atoms. The average molecular weight is 395 g/mol. The molecular formula is C19H21N7O3. The fourth-order valence-corrected chi connectivity index (χ4v) is 3.06. The maximum Gasteiger partial charge on any atom is 0.323 e. The molecule has 1 aliphatic rings. The van der Waals surface area contributed by atoms with Gasteiger partial charge in [0.1, 0.15) is 17.8 Å². The molecule has 3 aromatic rings. The van der Waals surface area contributed by atoms with Gasteiger partial charge < -0.3 is 25.0 Å². The van der Waals surface area contributed by atoms with Crippen LogP contribution in [0.15, 0.2) is 49.2 Å². The Hall–Kier alpha value is -3.66. The molecule has 1 fully saturated rings. The lowest BCUT2D eigenvalue weighted by molar-refractivity contribution is 0.122. The predicted octanol–water partition coefficient (Wildman–Crippen LogP) is 2.15. The summed E-state index contributed by atoms with van der Waals surface area (Å²) in [5.74, 6) is 1.22. The third-order valence-corrected chi connectivity index (χ3v) is 4.44. The van der Waals surface area contributed by atoms with E-state index in [1.54, 1.807) is 42.5 Å². The quantitative estimate of drug-likeness (QED) is 0.682. The standard InChI is InChI=1S/C19H21N7O3/c1-28-17-5-3-2-4-15(17)24-19(27)23-14-10-22-26(12-14)18-16(11-20-13-21-18)25-6-8-29-9-7-25/h2-5,10-13H,6-9H2,1H3,(H2,23,24,27). The molecule has 29 heavy (non-hydrogen) atoms. The number of ether oxygens (including phenoxy) is 2. The number of urea groups is 1. The summed E-state index contributed by atoms with van der Waals surface area (Å²) in [6, 6.07) is 6.79. The van der Waals surface area contributed by atoms with Crippen LogP contribution in [0.5, 0.6) is 5.75 Å². The topological polar surface area (TPSA) is 106 Å². The fourth-order valence-electron chi connectivity index (χ4n) is 3.06. The van der Waals surface area contributed by atoms with Crippen LogP contribution in [0.25, 0.3) is 5.82 Å². The van der Waals surface area contributed by atoms with E-state index in [-0.39, 0.29) is 0 Å². The van der Waals surface area contributed by atoms with Crippen molar-refractivity contribution in [3.05, 3.63) is 49.2 Å². The lowest BCUT2D eigenvalue weighted by atomic mass is 10.3. The molecule has 0 atom stereocenters. The number of para-hydroxylation sites is 2. The van der Waals surface area contributed by atoms with Gasteiger partial charge in [0.25, 0.3) is 0 Å². The van der Waals surface area contributed by atoms with Gasteiger partial charge in [-0.2, -0.15) is 5.10 Å². The molecule has 2 N–H and O–H groups in total. The van der Waals surface area contributed by atoms with Crippen molar-refractivity contribution in [2.24, 2.45) is 0 Å². The van der Waals surface area contributed by atoms with Crippen LogP contribution in [0.4, 0.5) is 21.9 Å². The zero-order valence-corrected chi connectivity index (χ0v) is 15.9. The molecule has 0 unspecified atom stereocenters. The number of hydrogen-bond donors (Lipinski definition) is 2. The van der Waals surface area contributed by atoms with Crippen molar-refractivity contribution < 1.29 is 14.3 Å². The second kappa shape index (κ2) is 8.57. The highest BCUT2D eigenvalue weighted by molar-refractivity contribution is 6.00. The molecule has 3 heterocycles. The molecule has 0 saturated carbocycles. The highest BCUT2D eigenvalue weighted by atomic mass is 16.5. The Bertz CT molecular complexity index is 985. The van der Waals surface area contributed by atoms with Crippen molar-refractivity contribution in [2.45, 2.75) is 0 Å². The third-order valence-electron chi connectivity index (χ3n) is 4.44. The molecule has 2 aromatic heterocycles. The van der Waals surface area contributed by atoms with Crippen LogP contribution in [0.1, 0.15) is 0 Å². The number of nitrogens with one attached hydrogen (secondary N) is 2. The number of hydrogen-bond acceptors (Lipinski definition) is 7. The normalized spacial score (nSPS) is 13.8. The Kier molecular flexibility index (Phi) is 5.52. The largest absolute Gasteiger partial charge is 0.495 e. The molecular weight excluding hydrogens is 374 g/mol. The number of nitrogens with zero attached hydrogens (tertiary/aromatic N) is 5. The van der Waals surface area contributed by atoms with E-state index in [1.807, 2.05) is 12.1 Å². The Balaban J connectivity index is 1.48. The maximum atomic E-state index is 12.3. The zero-order valence-electron chi connectivity index (χ0n) is 15.9. The smallest absolute Gasteiger partial charge is 0.323 e. The minimum atomic E-state index is -0.398. The molecule has 0 bridgehead atoms. The van der Waals surface area contributed by atoms with Gasteiger partial charge >= 0.3 is 6.03 Å². The van der Waals surface area contributed by atoms with E-state index >= 15 is 0 Å². The van der Waals surface area contributed by atoms with E-state index in [0.29, 0.717) is 36.2 Å². The average Bonchev–Trinajstić information content (AvgIpc) is 3.23. The van der Waals surface area contributed by atoms with Crippen LogP contribution < -0.4 is 20.3 Å². The molecule has 0 aliphatic carbocycles. The van der Waals surface area contributed by atoms with Gasteiger partial charge in [0.15, 0.2) is 5.82 Å². The first-order valence-electron chi connectivity index (χ1n) is 9.13. The molecule has 2 amide bonds. The highest BCUT2D eigenvalue weighted by Gasteiger charge is 2.18. The summed E-state index contributed by atoms with van der Waals surface area (Å²) in [4.78, 5) is 23.0. The summed E-state index contributed by atoms with van der Waals surface area (Å²) in [7, 11) is 1.55. The van der Waals surface area contributed by atoms with Crippen molar-refractivity contribution in [3.63, 3.8) is 0 Å². The summed E-state index contributed by atoms with van der Waals surface area (Å²) < 4.78 is 12.3. The maximum absolute atomic E-state index is 12.3. The number of morpholine rings is 1. The summed E-state index contributed by atoms with van der Waals surface area (Å²) in [5.41, 5.74) is 1.97. The number of anilines is 3. The van der Waals surface area contributed by atoms with Gasteiger partial charge in [-0.25, -0.2) is 19.4 Å². The SMILES string of the molecule is COc1ccccc1NC(=O)Nc1cnn(-c2ncncc2N2CCOCC2)c1. The van der Waals surface area contributed by atoms with Crippen LogP contribution in [0, 0.1) is 0 Å². The Morgan fingerprint density at radius 3 is 2.83 bits per heavy atom. The fraction of sp³-hybridized carbons (Fsp3) is 0.263. The van der Waals surface area contributed by atoms with Gasteiger partial charge in [-0.3, -0.25) is 0 Å². The van der Waals surface area contributed by atoms with E-state index in [1.165, 1.54) is 6.33 Å². The summed E-state index contributed by atoms with van der Waals surface area (Å²) in [6.45, 7) is 2.83.